The van der Waals surface area contributed by atoms with Crippen LogP contribution < -0.4 is 5.32 Å². The summed E-state index contributed by atoms with van der Waals surface area (Å²) < 4.78 is 1.72. The van der Waals surface area contributed by atoms with Crippen molar-refractivity contribution in [3.63, 3.8) is 0 Å². The quantitative estimate of drug-likeness (QED) is 0.707. The van der Waals surface area contributed by atoms with Crippen molar-refractivity contribution in [1.29, 1.82) is 0 Å². The molecule has 0 spiro atoms. The van der Waals surface area contributed by atoms with E-state index in [2.05, 4.69) is 10.4 Å². The number of benzene rings is 2. The number of hydrogen-bond donors (Lipinski definition) is 1. The third-order valence-electron chi connectivity index (χ3n) is 5.19. The van der Waals surface area contributed by atoms with Crippen LogP contribution >= 0.6 is 0 Å². The van der Waals surface area contributed by atoms with Crippen molar-refractivity contribution in [2.45, 2.75) is 20.3 Å². The largest absolute Gasteiger partial charge is 0.326 e. The van der Waals surface area contributed by atoms with Gasteiger partial charge in [-0.2, -0.15) is 5.10 Å². The second-order valence-electron chi connectivity index (χ2n) is 7.36. The minimum absolute atomic E-state index is 0.179. The Balaban J connectivity index is 1.54. The summed E-state index contributed by atoms with van der Waals surface area (Å²) >= 11 is 0. The fraction of sp³-hybridized carbons (Fsp3) is 0.217. The van der Waals surface area contributed by atoms with Crippen LogP contribution in [0.4, 0.5) is 5.69 Å². The topological polar surface area (TPSA) is 87.5 Å². The molecule has 158 valence electrons. The molecule has 3 aromatic rings. The molecular formula is C23H23N5O3. The minimum Gasteiger partial charge on any atom is -0.326 e. The van der Waals surface area contributed by atoms with Crippen LogP contribution in [0.3, 0.4) is 0 Å². The highest BCUT2D eigenvalue weighted by molar-refractivity contribution is 6.00. The molecule has 2 aromatic carbocycles. The van der Waals surface area contributed by atoms with Crippen molar-refractivity contribution < 1.29 is 14.4 Å². The van der Waals surface area contributed by atoms with Crippen molar-refractivity contribution in [3.05, 3.63) is 77.6 Å². The van der Waals surface area contributed by atoms with Crippen LogP contribution in [-0.4, -0.2) is 50.6 Å². The Kier molecular flexibility index (Phi) is 5.53. The zero-order valence-electron chi connectivity index (χ0n) is 17.4. The van der Waals surface area contributed by atoms with Crippen LogP contribution in [0, 0.1) is 6.92 Å². The lowest BCUT2D eigenvalue weighted by Crippen LogP contribution is -2.45. The van der Waals surface area contributed by atoms with Gasteiger partial charge in [0, 0.05) is 31.3 Å². The number of nitrogens with one attached hydrogen (secondary N) is 1. The van der Waals surface area contributed by atoms with Crippen LogP contribution in [0.1, 0.15) is 39.8 Å². The predicted octanol–water partition coefficient (Wildman–Crippen LogP) is 3.04. The van der Waals surface area contributed by atoms with Crippen molar-refractivity contribution in [1.82, 2.24) is 19.8 Å². The predicted molar refractivity (Wildman–Crippen MR) is 116 cm³/mol. The Hall–Kier alpha value is -3.94. The summed E-state index contributed by atoms with van der Waals surface area (Å²) in [5.74, 6) is -0.685. The van der Waals surface area contributed by atoms with E-state index >= 15 is 0 Å². The van der Waals surface area contributed by atoms with E-state index in [1.165, 1.54) is 16.9 Å². The van der Waals surface area contributed by atoms with Gasteiger partial charge in [0.25, 0.3) is 11.8 Å². The zero-order valence-corrected chi connectivity index (χ0v) is 17.4. The smallest absolute Gasteiger partial charge is 0.275 e. The number of aromatic nitrogens is 2. The third kappa shape index (κ3) is 4.05. The van der Waals surface area contributed by atoms with Gasteiger partial charge in [-0.25, -0.2) is 14.7 Å². The van der Waals surface area contributed by atoms with E-state index in [1.807, 2.05) is 37.3 Å². The van der Waals surface area contributed by atoms with Gasteiger partial charge in [0.1, 0.15) is 0 Å². The lowest BCUT2D eigenvalue weighted by Gasteiger charge is -2.28. The standard InChI is InChI=1S/C23H23N5O3/c1-16-21(15-24-28(16)20-7-4-3-5-8-20)23(31)27-14-6-13-26(27)22(30)18-9-11-19(12-10-18)25-17(2)29/h3-5,7-12,15H,6,13-14H2,1-2H3,(H,25,29). The van der Waals surface area contributed by atoms with Gasteiger partial charge in [-0.1, -0.05) is 18.2 Å². The summed E-state index contributed by atoms with van der Waals surface area (Å²) in [6.07, 6.45) is 2.25. The molecule has 0 bridgehead atoms. The number of carbonyl (C=O) groups excluding carboxylic acids is 3. The molecule has 8 heteroatoms. The van der Waals surface area contributed by atoms with Crippen LogP contribution in [0.5, 0.6) is 0 Å². The van der Waals surface area contributed by atoms with Crippen LogP contribution in [0.25, 0.3) is 5.69 Å². The van der Waals surface area contributed by atoms with Crippen LogP contribution in [-0.2, 0) is 4.79 Å². The molecule has 0 saturated carbocycles. The molecule has 1 saturated heterocycles. The molecule has 4 rings (SSSR count). The lowest BCUT2D eigenvalue weighted by atomic mass is 10.2. The summed E-state index contributed by atoms with van der Waals surface area (Å²) in [7, 11) is 0. The van der Waals surface area contributed by atoms with E-state index < -0.39 is 0 Å². The number of para-hydroxylation sites is 1. The normalized spacial score (nSPS) is 13.4. The number of carbonyl (C=O) groups is 3. The van der Waals surface area contributed by atoms with Gasteiger partial charge in [0.05, 0.1) is 23.1 Å². The molecule has 8 nitrogen and oxygen atoms in total. The highest BCUT2D eigenvalue weighted by Gasteiger charge is 2.33. The van der Waals surface area contributed by atoms with E-state index in [1.54, 1.807) is 35.1 Å². The number of rotatable bonds is 4. The molecule has 0 atom stereocenters. The summed E-state index contributed by atoms with van der Waals surface area (Å²) in [5.41, 5.74) is 3.11. The molecule has 1 aliphatic rings. The Morgan fingerprint density at radius 2 is 1.55 bits per heavy atom. The van der Waals surface area contributed by atoms with E-state index in [-0.39, 0.29) is 17.7 Å². The number of hydrazine groups is 1. The third-order valence-corrected chi connectivity index (χ3v) is 5.19. The maximum absolute atomic E-state index is 13.3. The summed E-state index contributed by atoms with van der Waals surface area (Å²) in [5, 5.41) is 10.0. The number of anilines is 1. The number of amides is 3. The molecule has 0 aliphatic carbocycles. The van der Waals surface area contributed by atoms with E-state index in [0.29, 0.717) is 36.3 Å². The fourth-order valence-corrected chi connectivity index (χ4v) is 3.67. The van der Waals surface area contributed by atoms with E-state index in [0.717, 1.165) is 11.4 Å². The first-order chi connectivity index (χ1) is 15.0. The van der Waals surface area contributed by atoms with Gasteiger partial charge in [0.15, 0.2) is 0 Å². The van der Waals surface area contributed by atoms with E-state index in [9.17, 15) is 14.4 Å². The molecule has 1 aliphatic heterocycles. The Bertz CT molecular complexity index is 1120. The van der Waals surface area contributed by atoms with Crippen LogP contribution in [0.15, 0.2) is 60.8 Å². The van der Waals surface area contributed by atoms with Gasteiger partial charge in [-0.15, -0.1) is 0 Å². The first-order valence-electron chi connectivity index (χ1n) is 10.1. The second kappa shape index (κ2) is 8.43. The molecule has 1 aromatic heterocycles. The van der Waals surface area contributed by atoms with Crippen molar-refractivity contribution in [2.75, 3.05) is 18.4 Å². The van der Waals surface area contributed by atoms with Gasteiger partial charge >= 0.3 is 0 Å². The molecule has 1 fully saturated rings. The Labute approximate surface area is 180 Å². The first-order valence-corrected chi connectivity index (χ1v) is 10.1. The van der Waals surface area contributed by atoms with Gasteiger partial charge in [-0.3, -0.25) is 14.4 Å². The average molecular weight is 417 g/mol. The molecular weight excluding hydrogens is 394 g/mol. The molecule has 3 amide bonds. The second-order valence-corrected chi connectivity index (χ2v) is 7.36. The number of hydrogen-bond acceptors (Lipinski definition) is 4. The van der Waals surface area contributed by atoms with Gasteiger partial charge in [0.2, 0.25) is 5.91 Å². The summed E-state index contributed by atoms with van der Waals surface area (Å²) in [6.45, 7) is 4.19. The highest BCUT2D eigenvalue weighted by atomic mass is 16.2. The average Bonchev–Trinajstić information content (AvgIpc) is 3.40. The monoisotopic (exact) mass is 417 g/mol. The molecule has 1 N–H and O–H groups in total. The first kappa shape index (κ1) is 20.3. The summed E-state index contributed by atoms with van der Waals surface area (Å²) in [6, 6.07) is 16.2. The SMILES string of the molecule is CC(=O)Nc1ccc(C(=O)N2CCCN2C(=O)c2cnn(-c3ccccc3)c2C)cc1. The fourth-order valence-electron chi connectivity index (χ4n) is 3.67. The number of nitrogens with zero attached hydrogens (tertiary/aromatic N) is 4. The highest BCUT2D eigenvalue weighted by Crippen LogP contribution is 2.22. The van der Waals surface area contributed by atoms with Gasteiger partial charge < -0.3 is 5.32 Å². The minimum atomic E-state index is -0.256. The van der Waals surface area contributed by atoms with Gasteiger partial charge in [-0.05, 0) is 49.7 Å². The maximum Gasteiger partial charge on any atom is 0.275 e. The molecule has 0 unspecified atom stereocenters. The Morgan fingerprint density at radius 1 is 0.903 bits per heavy atom. The van der Waals surface area contributed by atoms with Crippen molar-refractivity contribution in [2.24, 2.45) is 0 Å². The summed E-state index contributed by atoms with van der Waals surface area (Å²) in [4.78, 5) is 37.5. The molecule has 0 radical (unpaired) electrons. The van der Waals surface area contributed by atoms with Crippen LogP contribution in [0.2, 0.25) is 0 Å². The van der Waals surface area contributed by atoms with Crippen molar-refractivity contribution >= 4 is 23.4 Å². The van der Waals surface area contributed by atoms with E-state index in [4.69, 9.17) is 0 Å². The molecule has 2 heterocycles. The molecule has 31 heavy (non-hydrogen) atoms. The maximum atomic E-state index is 13.3. The van der Waals surface area contributed by atoms with Crippen molar-refractivity contribution in [3.8, 4) is 5.69 Å². The lowest BCUT2D eigenvalue weighted by molar-refractivity contribution is -0.114. The zero-order chi connectivity index (χ0) is 22.0. The Morgan fingerprint density at radius 3 is 2.19 bits per heavy atom.